The molecule has 5 heteroatoms. The second-order valence-electron chi connectivity index (χ2n) is 7.31. The number of H-pyrrole nitrogens is 1. The molecule has 3 aromatic rings. The highest BCUT2D eigenvalue weighted by Crippen LogP contribution is 2.39. The van der Waals surface area contributed by atoms with Gasteiger partial charge in [0.15, 0.2) is 0 Å². The molecule has 26 heavy (non-hydrogen) atoms. The van der Waals surface area contributed by atoms with Crippen LogP contribution in [-0.2, 0) is 9.53 Å². The predicted octanol–water partition coefficient (Wildman–Crippen LogP) is 4.82. The highest BCUT2D eigenvalue weighted by atomic mass is 19.1. The average molecular weight is 353 g/mol. The lowest BCUT2D eigenvalue weighted by molar-refractivity contribution is -0.142. The van der Waals surface area contributed by atoms with E-state index in [1.807, 2.05) is 20.8 Å². The van der Waals surface area contributed by atoms with Gasteiger partial charge in [0.1, 0.15) is 5.82 Å². The highest BCUT2D eigenvalue weighted by molar-refractivity contribution is 6.00. The summed E-state index contributed by atoms with van der Waals surface area (Å²) < 4.78 is 18.8. The summed E-state index contributed by atoms with van der Waals surface area (Å²) in [5.41, 5.74) is 1.10. The maximum atomic E-state index is 13.7. The minimum absolute atomic E-state index is 0.304. The lowest BCUT2D eigenvalue weighted by atomic mass is 9.76. The van der Waals surface area contributed by atoms with Crippen LogP contribution in [0.1, 0.15) is 42.6 Å². The lowest BCUT2D eigenvalue weighted by Crippen LogP contribution is -2.29. The summed E-state index contributed by atoms with van der Waals surface area (Å²) in [6.45, 7) is 5.64. The van der Waals surface area contributed by atoms with Gasteiger partial charge in [-0.25, -0.2) is 9.18 Å². The number of aromatic nitrogens is 1. The Kier molecular flexibility index (Phi) is 4.64. The first-order valence-electron chi connectivity index (χ1n) is 8.35. The summed E-state index contributed by atoms with van der Waals surface area (Å²) in [5, 5.41) is 0.606. The predicted molar refractivity (Wildman–Crippen MR) is 97.3 cm³/mol. The fourth-order valence-electron chi connectivity index (χ4n) is 3.08. The zero-order chi connectivity index (χ0) is 18.9. The maximum absolute atomic E-state index is 13.7. The minimum atomic E-state index is -0.731. The number of fused-ring (bicyclic) bond motifs is 1. The number of aromatic amines is 1. The Labute approximate surface area is 151 Å². The summed E-state index contributed by atoms with van der Waals surface area (Å²) in [5.74, 6) is -2.47. The van der Waals surface area contributed by atoms with Gasteiger partial charge in [-0.05, 0) is 41.3 Å². The van der Waals surface area contributed by atoms with Crippen LogP contribution in [-0.4, -0.2) is 16.9 Å². The largest absolute Gasteiger partial charge is 0.389 e. The number of nitrogens with one attached hydrogen (secondary N) is 1. The molecule has 0 amide bonds. The Morgan fingerprint density at radius 2 is 1.77 bits per heavy atom. The molecule has 0 aliphatic heterocycles. The van der Waals surface area contributed by atoms with Crippen LogP contribution in [0.25, 0.3) is 10.9 Å². The zero-order valence-corrected chi connectivity index (χ0v) is 14.9. The van der Waals surface area contributed by atoms with Crippen LogP contribution in [0.15, 0.2) is 54.7 Å². The third-order valence-corrected chi connectivity index (χ3v) is 4.29. The fraction of sp³-hybridized carbons (Fsp3) is 0.238. The van der Waals surface area contributed by atoms with Crippen molar-refractivity contribution in [2.24, 2.45) is 5.41 Å². The van der Waals surface area contributed by atoms with Crippen LogP contribution in [0, 0.1) is 11.2 Å². The van der Waals surface area contributed by atoms with E-state index in [1.165, 1.54) is 12.1 Å². The van der Waals surface area contributed by atoms with Crippen molar-refractivity contribution >= 4 is 22.8 Å². The van der Waals surface area contributed by atoms with Gasteiger partial charge in [0.05, 0.1) is 11.5 Å². The summed E-state index contributed by atoms with van der Waals surface area (Å²) >= 11 is 0. The third kappa shape index (κ3) is 3.52. The van der Waals surface area contributed by atoms with Crippen LogP contribution in [0.5, 0.6) is 0 Å². The van der Waals surface area contributed by atoms with Crippen LogP contribution >= 0.6 is 0 Å². The summed E-state index contributed by atoms with van der Waals surface area (Å²) in [6.07, 6.45) is 1.67. The number of carbonyl (C=O) groups is 2. The first-order valence-corrected chi connectivity index (χ1v) is 8.35. The first-order chi connectivity index (χ1) is 12.3. The van der Waals surface area contributed by atoms with E-state index >= 15 is 0 Å². The van der Waals surface area contributed by atoms with E-state index in [1.54, 1.807) is 42.6 Å². The van der Waals surface area contributed by atoms with E-state index in [0.29, 0.717) is 16.5 Å². The molecular weight excluding hydrogens is 333 g/mol. The van der Waals surface area contributed by atoms with Gasteiger partial charge >= 0.3 is 11.9 Å². The summed E-state index contributed by atoms with van der Waals surface area (Å²) in [7, 11) is 0. The van der Waals surface area contributed by atoms with Gasteiger partial charge in [-0.3, -0.25) is 4.79 Å². The molecule has 0 saturated heterocycles. The van der Waals surface area contributed by atoms with Crippen molar-refractivity contribution in [3.05, 3.63) is 71.7 Å². The number of benzene rings is 2. The molecule has 1 N–H and O–H groups in total. The van der Waals surface area contributed by atoms with Crippen molar-refractivity contribution in [1.29, 1.82) is 0 Å². The summed E-state index contributed by atoms with van der Waals surface area (Å²) in [4.78, 5) is 28.2. The quantitative estimate of drug-likeness (QED) is 0.542. The molecule has 134 valence electrons. The first kappa shape index (κ1) is 17.9. The van der Waals surface area contributed by atoms with E-state index in [-0.39, 0.29) is 5.82 Å². The number of hydrogen-bond acceptors (Lipinski definition) is 3. The Morgan fingerprint density at radius 3 is 2.42 bits per heavy atom. The molecule has 1 atom stereocenters. The van der Waals surface area contributed by atoms with Crippen LogP contribution in [0.4, 0.5) is 4.39 Å². The van der Waals surface area contributed by atoms with Crippen LogP contribution < -0.4 is 0 Å². The van der Waals surface area contributed by atoms with E-state index in [2.05, 4.69) is 4.98 Å². The molecule has 4 nitrogen and oxygen atoms in total. The van der Waals surface area contributed by atoms with E-state index in [0.717, 1.165) is 5.52 Å². The van der Waals surface area contributed by atoms with Gasteiger partial charge in [-0.1, -0.05) is 39.0 Å². The second-order valence-corrected chi connectivity index (χ2v) is 7.31. The zero-order valence-electron chi connectivity index (χ0n) is 14.9. The van der Waals surface area contributed by atoms with Crippen molar-refractivity contribution in [3.8, 4) is 0 Å². The SMILES string of the molecule is CC(C)(C)C(C(=O)OC(=O)c1ccccc1)c1c[nH]c2ccc(F)cc12. The number of halogens is 1. The van der Waals surface area contributed by atoms with E-state index in [9.17, 15) is 14.0 Å². The molecule has 3 rings (SSSR count). The van der Waals surface area contributed by atoms with Gasteiger partial charge in [0.2, 0.25) is 0 Å². The number of hydrogen-bond donors (Lipinski definition) is 1. The molecule has 0 spiro atoms. The second kappa shape index (κ2) is 6.75. The third-order valence-electron chi connectivity index (χ3n) is 4.29. The number of carbonyl (C=O) groups excluding carboxylic acids is 2. The molecule has 0 aliphatic rings. The van der Waals surface area contributed by atoms with Crippen LogP contribution in [0.2, 0.25) is 0 Å². The van der Waals surface area contributed by atoms with Crippen molar-refractivity contribution in [2.75, 3.05) is 0 Å². The van der Waals surface area contributed by atoms with Gasteiger partial charge in [0.25, 0.3) is 0 Å². The molecule has 0 radical (unpaired) electrons. The minimum Gasteiger partial charge on any atom is -0.389 e. The summed E-state index contributed by atoms with van der Waals surface area (Å²) in [6, 6.07) is 12.7. The fourth-order valence-corrected chi connectivity index (χ4v) is 3.08. The number of ether oxygens (including phenoxy) is 1. The van der Waals surface area contributed by atoms with E-state index < -0.39 is 23.3 Å². The standard InChI is InChI=1S/C21H20FNO3/c1-21(2,3)18(16-12-23-17-10-9-14(22)11-15(16)17)20(25)26-19(24)13-7-5-4-6-8-13/h4-12,18,23H,1-3H3. The molecule has 0 saturated carbocycles. The molecule has 1 heterocycles. The molecule has 1 unspecified atom stereocenters. The van der Waals surface area contributed by atoms with E-state index in [4.69, 9.17) is 4.74 Å². The normalized spacial score (nSPS) is 12.8. The molecule has 2 aromatic carbocycles. The molecule has 0 aliphatic carbocycles. The Bertz CT molecular complexity index is 954. The van der Waals surface area contributed by atoms with Gasteiger partial charge in [-0.2, -0.15) is 0 Å². The average Bonchev–Trinajstić information content (AvgIpc) is 2.97. The molecule has 0 fully saturated rings. The number of esters is 2. The smallest absolute Gasteiger partial charge is 0.345 e. The topological polar surface area (TPSA) is 59.2 Å². The molecule has 0 bridgehead atoms. The Morgan fingerprint density at radius 1 is 1.08 bits per heavy atom. The Balaban J connectivity index is 1.97. The van der Waals surface area contributed by atoms with Crippen LogP contribution in [0.3, 0.4) is 0 Å². The van der Waals surface area contributed by atoms with Gasteiger partial charge in [-0.15, -0.1) is 0 Å². The van der Waals surface area contributed by atoms with Gasteiger partial charge < -0.3 is 9.72 Å². The monoisotopic (exact) mass is 353 g/mol. The van der Waals surface area contributed by atoms with Crippen molar-refractivity contribution in [3.63, 3.8) is 0 Å². The Hall–Kier alpha value is -2.95. The molecule has 1 aromatic heterocycles. The van der Waals surface area contributed by atoms with Crippen molar-refractivity contribution in [2.45, 2.75) is 26.7 Å². The van der Waals surface area contributed by atoms with Gasteiger partial charge in [0, 0.05) is 17.1 Å². The lowest BCUT2D eigenvalue weighted by Gasteiger charge is -2.28. The van der Waals surface area contributed by atoms with Crippen molar-refractivity contribution < 1.29 is 18.7 Å². The van der Waals surface area contributed by atoms with Crippen molar-refractivity contribution in [1.82, 2.24) is 4.98 Å². The maximum Gasteiger partial charge on any atom is 0.345 e. The highest BCUT2D eigenvalue weighted by Gasteiger charge is 2.37. The number of rotatable bonds is 3. The molecular formula is C21H20FNO3.